The topological polar surface area (TPSA) is 32.5 Å². The predicted molar refractivity (Wildman–Crippen MR) is 90.8 cm³/mol. The number of hydrogen-bond donors (Lipinski definition) is 1. The Kier molecular flexibility index (Phi) is 4.69. The van der Waals surface area contributed by atoms with E-state index in [1.165, 1.54) is 42.1 Å². The standard InChI is InChI=1S/C17H29N3S/c1-4-15(18)17(16-8-5-12(2)21-16)20-10-9-13-6-7-14(11-20)19(13)3/h5,8,13-15,17H,4,6-7,9-11,18H2,1-3H3. The van der Waals surface area contributed by atoms with E-state index in [0.717, 1.165) is 18.5 Å². The van der Waals surface area contributed by atoms with Crippen molar-refractivity contribution in [3.8, 4) is 0 Å². The molecule has 4 atom stereocenters. The van der Waals surface area contributed by atoms with Gasteiger partial charge in [0, 0.05) is 41.0 Å². The van der Waals surface area contributed by atoms with E-state index in [2.05, 4.69) is 42.8 Å². The van der Waals surface area contributed by atoms with Gasteiger partial charge in [0.2, 0.25) is 0 Å². The van der Waals surface area contributed by atoms with Crippen LogP contribution in [-0.2, 0) is 0 Å². The second-order valence-corrected chi connectivity index (χ2v) is 8.12. The van der Waals surface area contributed by atoms with Crippen LogP contribution in [0.5, 0.6) is 0 Å². The first-order valence-electron chi connectivity index (χ1n) is 8.38. The fourth-order valence-electron chi connectivity index (χ4n) is 4.09. The van der Waals surface area contributed by atoms with Gasteiger partial charge in [0.25, 0.3) is 0 Å². The highest BCUT2D eigenvalue weighted by atomic mass is 32.1. The van der Waals surface area contributed by atoms with Crippen molar-refractivity contribution in [3.63, 3.8) is 0 Å². The highest BCUT2D eigenvalue weighted by Crippen LogP contribution is 2.36. The molecule has 21 heavy (non-hydrogen) atoms. The van der Waals surface area contributed by atoms with Crippen molar-refractivity contribution in [3.05, 3.63) is 21.9 Å². The van der Waals surface area contributed by atoms with Crippen LogP contribution in [0.25, 0.3) is 0 Å². The van der Waals surface area contributed by atoms with Gasteiger partial charge >= 0.3 is 0 Å². The summed E-state index contributed by atoms with van der Waals surface area (Å²) in [7, 11) is 2.32. The second kappa shape index (κ2) is 6.37. The van der Waals surface area contributed by atoms with Gasteiger partial charge in [-0.2, -0.15) is 0 Å². The maximum atomic E-state index is 6.52. The van der Waals surface area contributed by atoms with Crippen LogP contribution in [0.15, 0.2) is 12.1 Å². The Balaban J connectivity index is 1.83. The van der Waals surface area contributed by atoms with Gasteiger partial charge in [-0.25, -0.2) is 0 Å². The second-order valence-electron chi connectivity index (χ2n) is 6.80. The zero-order chi connectivity index (χ0) is 15.0. The summed E-state index contributed by atoms with van der Waals surface area (Å²) in [6, 6.07) is 6.71. The molecule has 0 aliphatic carbocycles. The molecule has 1 aromatic rings. The number of likely N-dealkylation sites (tertiary alicyclic amines) is 1. The Morgan fingerprint density at radius 1 is 1.29 bits per heavy atom. The molecule has 4 unspecified atom stereocenters. The molecule has 0 radical (unpaired) electrons. The van der Waals surface area contributed by atoms with Gasteiger partial charge in [0.1, 0.15) is 0 Å². The van der Waals surface area contributed by atoms with Gasteiger partial charge in [-0.3, -0.25) is 9.80 Å². The molecule has 3 heterocycles. The summed E-state index contributed by atoms with van der Waals surface area (Å²) < 4.78 is 0. The summed E-state index contributed by atoms with van der Waals surface area (Å²) in [5.41, 5.74) is 6.52. The predicted octanol–water partition coefficient (Wildman–Crippen LogP) is 3.00. The van der Waals surface area contributed by atoms with E-state index in [1.54, 1.807) is 0 Å². The lowest BCUT2D eigenvalue weighted by Gasteiger charge is -2.36. The third-order valence-corrected chi connectivity index (χ3v) is 6.57. The van der Waals surface area contributed by atoms with Gasteiger partial charge in [-0.05, 0) is 51.8 Å². The normalized spacial score (nSPS) is 30.3. The molecule has 2 aliphatic rings. The average Bonchev–Trinajstić information content (AvgIpc) is 2.97. The monoisotopic (exact) mass is 307 g/mol. The SMILES string of the molecule is CCC(N)C(c1ccc(C)s1)N1CCC2CCC(C1)N2C. The Hall–Kier alpha value is -0.420. The number of rotatable bonds is 4. The number of fused-ring (bicyclic) bond motifs is 2. The summed E-state index contributed by atoms with van der Waals surface area (Å²) in [4.78, 5) is 8.16. The van der Waals surface area contributed by atoms with Crippen molar-refractivity contribution < 1.29 is 0 Å². The number of thiophene rings is 1. The quantitative estimate of drug-likeness (QED) is 0.928. The van der Waals surface area contributed by atoms with Gasteiger partial charge in [-0.1, -0.05) is 6.92 Å². The van der Waals surface area contributed by atoms with Crippen molar-refractivity contribution >= 4 is 11.3 Å². The van der Waals surface area contributed by atoms with Gasteiger partial charge < -0.3 is 5.73 Å². The highest BCUT2D eigenvalue weighted by Gasteiger charge is 2.38. The molecule has 2 aliphatic heterocycles. The first-order chi connectivity index (χ1) is 10.1. The van der Waals surface area contributed by atoms with Crippen LogP contribution in [0.2, 0.25) is 0 Å². The van der Waals surface area contributed by atoms with Crippen LogP contribution in [0.3, 0.4) is 0 Å². The maximum Gasteiger partial charge on any atom is 0.0594 e. The smallest absolute Gasteiger partial charge is 0.0594 e. The van der Waals surface area contributed by atoms with Crippen molar-refractivity contribution in [1.29, 1.82) is 0 Å². The molecule has 2 N–H and O–H groups in total. The Labute approximate surface area is 133 Å². The van der Waals surface area contributed by atoms with Crippen LogP contribution in [0.1, 0.15) is 48.4 Å². The minimum atomic E-state index is 0.241. The zero-order valence-corrected chi connectivity index (χ0v) is 14.4. The van der Waals surface area contributed by atoms with E-state index in [0.29, 0.717) is 6.04 Å². The first kappa shape index (κ1) is 15.5. The summed E-state index contributed by atoms with van der Waals surface area (Å²) in [5.74, 6) is 0. The molecule has 2 saturated heterocycles. The molecule has 0 amide bonds. The third kappa shape index (κ3) is 3.04. The Bertz CT molecular complexity index is 472. The minimum absolute atomic E-state index is 0.241. The summed E-state index contributed by atoms with van der Waals surface area (Å²) in [6.45, 7) is 6.79. The molecule has 1 aromatic heterocycles. The van der Waals surface area contributed by atoms with Crippen LogP contribution in [-0.4, -0.2) is 48.1 Å². The number of nitrogens with two attached hydrogens (primary N) is 1. The van der Waals surface area contributed by atoms with Gasteiger partial charge in [-0.15, -0.1) is 11.3 Å². The van der Waals surface area contributed by atoms with Crippen molar-refractivity contribution in [1.82, 2.24) is 9.80 Å². The average molecular weight is 308 g/mol. The van der Waals surface area contributed by atoms with Crippen LogP contribution >= 0.6 is 11.3 Å². The molecular formula is C17H29N3S. The maximum absolute atomic E-state index is 6.52. The van der Waals surface area contributed by atoms with Crippen LogP contribution < -0.4 is 5.73 Å². The molecule has 0 saturated carbocycles. The number of nitrogens with zero attached hydrogens (tertiary/aromatic N) is 2. The largest absolute Gasteiger partial charge is 0.326 e. The number of hydrogen-bond acceptors (Lipinski definition) is 4. The molecule has 0 aromatic carbocycles. The molecular weight excluding hydrogens is 278 g/mol. The van der Waals surface area contributed by atoms with Crippen LogP contribution in [0.4, 0.5) is 0 Å². The fourth-order valence-corrected chi connectivity index (χ4v) is 5.17. The zero-order valence-electron chi connectivity index (χ0n) is 13.6. The minimum Gasteiger partial charge on any atom is -0.326 e. The molecule has 2 bridgehead atoms. The summed E-state index contributed by atoms with van der Waals surface area (Å²) in [6.07, 6.45) is 5.08. The van der Waals surface area contributed by atoms with E-state index >= 15 is 0 Å². The van der Waals surface area contributed by atoms with Crippen molar-refractivity contribution in [2.24, 2.45) is 5.73 Å². The molecule has 0 spiro atoms. The highest BCUT2D eigenvalue weighted by molar-refractivity contribution is 7.12. The third-order valence-electron chi connectivity index (χ3n) is 5.50. The van der Waals surface area contributed by atoms with E-state index in [1.807, 2.05) is 11.3 Å². The number of aryl methyl sites for hydroxylation is 1. The molecule has 4 heteroatoms. The fraction of sp³-hybridized carbons (Fsp3) is 0.765. The summed E-state index contributed by atoms with van der Waals surface area (Å²) >= 11 is 1.93. The lowest BCUT2D eigenvalue weighted by atomic mass is 10.00. The Morgan fingerprint density at radius 2 is 2.05 bits per heavy atom. The number of likely N-dealkylation sites (N-methyl/N-ethyl adjacent to an activating group) is 1. The molecule has 3 nitrogen and oxygen atoms in total. The van der Waals surface area contributed by atoms with Crippen LogP contribution in [0, 0.1) is 6.92 Å². The van der Waals surface area contributed by atoms with Crippen molar-refractivity contribution in [2.45, 2.75) is 63.7 Å². The lowest BCUT2D eigenvalue weighted by molar-refractivity contribution is 0.152. The van der Waals surface area contributed by atoms with E-state index < -0.39 is 0 Å². The first-order valence-corrected chi connectivity index (χ1v) is 9.19. The molecule has 2 fully saturated rings. The van der Waals surface area contributed by atoms with E-state index in [9.17, 15) is 0 Å². The Morgan fingerprint density at radius 3 is 2.71 bits per heavy atom. The van der Waals surface area contributed by atoms with Gasteiger partial charge in [0.05, 0.1) is 6.04 Å². The molecule has 118 valence electrons. The van der Waals surface area contributed by atoms with Crippen molar-refractivity contribution in [2.75, 3.05) is 20.1 Å². The van der Waals surface area contributed by atoms with Gasteiger partial charge in [0.15, 0.2) is 0 Å². The molecule has 3 rings (SSSR count). The summed E-state index contributed by atoms with van der Waals surface area (Å²) in [5, 5.41) is 0. The lowest BCUT2D eigenvalue weighted by Crippen LogP contribution is -2.44. The van der Waals surface area contributed by atoms with E-state index in [4.69, 9.17) is 5.73 Å². The van der Waals surface area contributed by atoms with E-state index in [-0.39, 0.29) is 6.04 Å².